The van der Waals surface area contributed by atoms with Crippen LogP contribution >= 0.6 is 15.9 Å². The van der Waals surface area contributed by atoms with Crippen molar-refractivity contribution in [3.8, 4) is 0 Å². The topological polar surface area (TPSA) is 72.9 Å². The quantitative estimate of drug-likeness (QED) is 0.521. The van der Waals surface area contributed by atoms with Crippen molar-refractivity contribution in [2.24, 2.45) is 0 Å². The van der Waals surface area contributed by atoms with E-state index in [-0.39, 0.29) is 36.3 Å². The molecule has 2 aromatic rings. The van der Waals surface area contributed by atoms with E-state index >= 15 is 0 Å². The van der Waals surface area contributed by atoms with E-state index in [0.717, 1.165) is 22.9 Å². The molecule has 0 spiro atoms. The molecule has 1 saturated heterocycles. The Morgan fingerprint density at radius 2 is 1.93 bits per heavy atom. The van der Waals surface area contributed by atoms with Crippen molar-refractivity contribution < 1.29 is 23.9 Å². The summed E-state index contributed by atoms with van der Waals surface area (Å²) in [5.74, 6) is -1.28. The third-order valence-electron chi connectivity index (χ3n) is 4.93. The predicted octanol–water partition coefficient (Wildman–Crippen LogP) is 3.58. The van der Waals surface area contributed by atoms with E-state index in [0.29, 0.717) is 12.2 Å². The Bertz CT molecular complexity index is 952. The van der Waals surface area contributed by atoms with Crippen LogP contribution in [0, 0.1) is 0 Å². The van der Waals surface area contributed by atoms with E-state index in [1.165, 1.54) is 23.1 Å². The van der Waals surface area contributed by atoms with Gasteiger partial charge in [0.05, 0.1) is 29.3 Å². The van der Waals surface area contributed by atoms with Gasteiger partial charge in [-0.25, -0.2) is 4.79 Å². The van der Waals surface area contributed by atoms with Crippen LogP contribution < -0.4 is 0 Å². The Morgan fingerprint density at radius 1 is 1.14 bits per heavy atom. The second-order valence-electron chi connectivity index (χ2n) is 6.78. The van der Waals surface area contributed by atoms with Crippen molar-refractivity contribution in [1.82, 2.24) is 4.90 Å². The average Bonchev–Trinajstić information content (AvgIpc) is 3.30. The molecule has 1 unspecified atom stereocenters. The zero-order valence-corrected chi connectivity index (χ0v) is 16.6. The zero-order chi connectivity index (χ0) is 19.7. The maximum atomic E-state index is 12.7. The van der Waals surface area contributed by atoms with Gasteiger partial charge in [0.15, 0.2) is 0 Å². The van der Waals surface area contributed by atoms with Crippen molar-refractivity contribution in [2.75, 3.05) is 13.2 Å². The van der Waals surface area contributed by atoms with Gasteiger partial charge in [-0.1, -0.05) is 34.1 Å². The highest BCUT2D eigenvalue weighted by molar-refractivity contribution is 9.10. The molecular formula is C21H18BrNO5. The maximum Gasteiger partial charge on any atom is 0.338 e. The summed E-state index contributed by atoms with van der Waals surface area (Å²) in [7, 11) is 0. The van der Waals surface area contributed by atoms with E-state index in [1.807, 2.05) is 24.3 Å². The summed E-state index contributed by atoms with van der Waals surface area (Å²) in [6, 6.07) is 11.9. The lowest BCUT2D eigenvalue weighted by Crippen LogP contribution is -2.36. The highest BCUT2D eigenvalue weighted by Gasteiger charge is 2.38. The van der Waals surface area contributed by atoms with E-state index in [9.17, 15) is 14.4 Å². The standard InChI is InChI=1S/C21H18BrNO5/c22-18-6-2-1-4-14(18)12-28-21(26)13-7-8-16-17(10-13)20(25)23(19(16)24)11-15-5-3-9-27-15/h1-2,4,6-8,10,15H,3,5,9,11-12H2. The van der Waals surface area contributed by atoms with Gasteiger partial charge in [-0.05, 0) is 37.1 Å². The minimum atomic E-state index is -0.545. The van der Waals surface area contributed by atoms with Crippen molar-refractivity contribution in [2.45, 2.75) is 25.6 Å². The first-order chi connectivity index (χ1) is 13.5. The number of hydrogen-bond acceptors (Lipinski definition) is 5. The number of rotatable bonds is 5. The molecule has 0 bridgehead atoms. The monoisotopic (exact) mass is 443 g/mol. The van der Waals surface area contributed by atoms with Crippen molar-refractivity contribution in [3.05, 3.63) is 69.2 Å². The lowest BCUT2D eigenvalue weighted by molar-refractivity contribution is 0.0468. The Kier molecular flexibility index (Phi) is 5.28. The van der Waals surface area contributed by atoms with Gasteiger partial charge in [-0.3, -0.25) is 14.5 Å². The van der Waals surface area contributed by atoms with Crippen molar-refractivity contribution >= 4 is 33.7 Å². The average molecular weight is 444 g/mol. The van der Waals surface area contributed by atoms with Crippen LogP contribution in [-0.2, 0) is 16.1 Å². The Hall–Kier alpha value is -2.51. The van der Waals surface area contributed by atoms with Gasteiger partial charge < -0.3 is 9.47 Å². The van der Waals surface area contributed by atoms with Crippen LogP contribution in [0.2, 0.25) is 0 Å². The third-order valence-corrected chi connectivity index (χ3v) is 5.71. The second-order valence-corrected chi connectivity index (χ2v) is 7.64. The maximum absolute atomic E-state index is 12.7. The molecule has 2 aromatic carbocycles. The second kappa shape index (κ2) is 7.85. The molecule has 0 aromatic heterocycles. The van der Waals surface area contributed by atoms with Crippen LogP contribution in [0.5, 0.6) is 0 Å². The molecule has 2 aliphatic heterocycles. The Morgan fingerprint density at radius 3 is 2.68 bits per heavy atom. The van der Waals surface area contributed by atoms with Crippen LogP contribution in [0.3, 0.4) is 0 Å². The SMILES string of the molecule is O=C(OCc1ccccc1Br)c1ccc2c(c1)C(=O)N(CC1CCCO1)C2=O. The molecule has 0 aliphatic carbocycles. The van der Waals surface area contributed by atoms with E-state index in [2.05, 4.69) is 15.9 Å². The fourth-order valence-corrected chi connectivity index (χ4v) is 3.82. The number of fused-ring (bicyclic) bond motifs is 1. The lowest BCUT2D eigenvalue weighted by atomic mass is 10.1. The first kappa shape index (κ1) is 18.8. The molecule has 2 amide bonds. The van der Waals surface area contributed by atoms with Crippen molar-refractivity contribution in [3.63, 3.8) is 0 Å². The summed E-state index contributed by atoms with van der Waals surface area (Å²) >= 11 is 3.41. The summed E-state index contributed by atoms with van der Waals surface area (Å²) in [6.45, 7) is 1.00. The summed E-state index contributed by atoms with van der Waals surface area (Å²) < 4.78 is 11.7. The molecule has 4 rings (SSSR count). The molecule has 2 heterocycles. The number of carbonyl (C=O) groups excluding carboxylic acids is 3. The molecular weight excluding hydrogens is 426 g/mol. The van der Waals surface area contributed by atoms with Crippen LogP contribution in [0.1, 0.15) is 49.5 Å². The largest absolute Gasteiger partial charge is 0.457 e. The summed E-state index contributed by atoms with van der Waals surface area (Å²) in [5, 5.41) is 0. The number of benzene rings is 2. The number of amides is 2. The molecule has 7 heteroatoms. The van der Waals surface area contributed by atoms with Gasteiger partial charge in [0.2, 0.25) is 0 Å². The fraction of sp³-hybridized carbons (Fsp3) is 0.286. The lowest BCUT2D eigenvalue weighted by Gasteiger charge is -2.17. The number of hydrogen-bond donors (Lipinski definition) is 0. The molecule has 144 valence electrons. The van der Waals surface area contributed by atoms with E-state index in [4.69, 9.17) is 9.47 Å². The van der Waals surface area contributed by atoms with Crippen molar-refractivity contribution in [1.29, 1.82) is 0 Å². The number of imide groups is 1. The van der Waals surface area contributed by atoms with Gasteiger partial charge in [-0.15, -0.1) is 0 Å². The van der Waals surface area contributed by atoms with Crippen LogP contribution in [0.4, 0.5) is 0 Å². The number of nitrogens with zero attached hydrogens (tertiary/aromatic N) is 1. The highest BCUT2D eigenvalue weighted by Crippen LogP contribution is 2.26. The van der Waals surface area contributed by atoms with Crippen LogP contribution in [0.25, 0.3) is 0 Å². The summed E-state index contributed by atoms with van der Waals surface area (Å²) in [6.07, 6.45) is 1.65. The van der Waals surface area contributed by atoms with Crippen LogP contribution in [0.15, 0.2) is 46.9 Å². The molecule has 6 nitrogen and oxygen atoms in total. The molecule has 0 saturated carbocycles. The van der Waals surface area contributed by atoms with Gasteiger partial charge in [0.1, 0.15) is 6.61 Å². The fourth-order valence-electron chi connectivity index (χ4n) is 3.42. The number of carbonyl (C=O) groups is 3. The molecule has 2 aliphatic rings. The van der Waals surface area contributed by atoms with Gasteiger partial charge in [0, 0.05) is 16.6 Å². The first-order valence-electron chi connectivity index (χ1n) is 9.07. The van der Waals surface area contributed by atoms with Gasteiger partial charge in [0.25, 0.3) is 11.8 Å². The Balaban J connectivity index is 1.48. The first-order valence-corrected chi connectivity index (χ1v) is 9.86. The highest BCUT2D eigenvalue weighted by atomic mass is 79.9. The summed E-state index contributed by atoms with van der Waals surface area (Å²) in [5.41, 5.74) is 1.63. The zero-order valence-electron chi connectivity index (χ0n) is 15.0. The molecule has 0 radical (unpaired) electrons. The minimum absolute atomic E-state index is 0.107. The normalized spacial score (nSPS) is 18.5. The third kappa shape index (κ3) is 3.59. The predicted molar refractivity (Wildman–Crippen MR) is 104 cm³/mol. The smallest absolute Gasteiger partial charge is 0.338 e. The van der Waals surface area contributed by atoms with Gasteiger partial charge in [-0.2, -0.15) is 0 Å². The Labute approximate surface area is 170 Å². The summed E-state index contributed by atoms with van der Waals surface area (Å²) in [4.78, 5) is 38.9. The minimum Gasteiger partial charge on any atom is -0.457 e. The van der Waals surface area contributed by atoms with E-state index < -0.39 is 11.9 Å². The van der Waals surface area contributed by atoms with Crippen LogP contribution in [-0.4, -0.2) is 41.9 Å². The molecule has 0 N–H and O–H groups in total. The van der Waals surface area contributed by atoms with E-state index in [1.54, 1.807) is 0 Å². The molecule has 1 atom stereocenters. The number of ether oxygens (including phenoxy) is 2. The molecule has 1 fully saturated rings. The number of halogens is 1. The van der Waals surface area contributed by atoms with Gasteiger partial charge >= 0.3 is 5.97 Å². The number of esters is 1. The molecule has 28 heavy (non-hydrogen) atoms.